The standard InChI is InChI=1S/C9H8INO2/c10-7-3-1-6(2-4-7)5-8(11)9(12)13/h1-4,11H,5H2,(H,12,13). The number of halogens is 1. The number of aliphatic carboxylic acids is 1. The number of carbonyl (C=O) groups is 1. The molecule has 0 aliphatic heterocycles. The number of hydrogen-bond donors (Lipinski definition) is 2. The van der Waals surface area contributed by atoms with Crippen LogP contribution in [0.4, 0.5) is 0 Å². The van der Waals surface area contributed by atoms with E-state index in [1.165, 1.54) is 0 Å². The fraction of sp³-hybridized carbons (Fsp3) is 0.111. The second-order valence-electron chi connectivity index (χ2n) is 2.59. The molecule has 1 rings (SSSR count). The second kappa shape index (κ2) is 4.36. The van der Waals surface area contributed by atoms with Gasteiger partial charge in [0.1, 0.15) is 5.71 Å². The van der Waals surface area contributed by atoms with E-state index in [9.17, 15) is 4.79 Å². The first kappa shape index (κ1) is 10.2. The van der Waals surface area contributed by atoms with Crippen molar-refractivity contribution in [1.29, 1.82) is 5.41 Å². The maximum absolute atomic E-state index is 10.3. The van der Waals surface area contributed by atoms with Crippen molar-refractivity contribution in [3.63, 3.8) is 0 Å². The van der Waals surface area contributed by atoms with Crippen LogP contribution in [0.2, 0.25) is 0 Å². The Labute approximate surface area is 89.4 Å². The van der Waals surface area contributed by atoms with Crippen molar-refractivity contribution < 1.29 is 9.90 Å². The largest absolute Gasteiger partial charge is 0.477 e. The Hall–Kier alpha value is -0.910. The molecule has 0 amide bonds. The van der Waals surface area contributed by atoms with Crippen molar-refractivity contribution in [2.45, 2.75) is 6.42 Å². The van der Waals surface area contributed by atoms with Crippen molar-refractivity contribution in [3.05, 3.63) is 33.4 Å². The van der Waals surface area contributed by atoms with Gasteiger partial charge in [-0.15, -0.1) is 0 Å². The highest BCUT2D eigenvalue weighted by molar-refractivity contribution is 14.1. The fourth-order valence-corrected chi connectivity index (χ4v) is 1.24. The molecule has 0 radical (unpaired) electrons. The summed E-state index contributed by atoms with van der Waals surface area (Å²) in [6, 6.07) is 7.45. The lowest BCUT2D eigenvalue weighted by Gasteiger charge is -1.99. The van der Waals surface area contributed by atoms with Crippen LogP contribution < -0.4 is 0 Å². The molecule has 4 heteroatoms. The van der Waals surface area contributed by atoms with Crippen molar-refractivity contribution in [1.82, 2.24) is 0 Å². The van der Waals surface area contributed by atoms with E-state index in [0.717, 1.165) is 9.13 Å². The summed E-state index contributed by atoms with van der Waals surface area (Å²) in [7, 11) is 0. The molecule has 2 N–H and O–H groups in total. The molecule has 0 fully saturated rings. The van der Waals surface area contributed by atoms with Crippen LogP contribution in [-0.4, -0.2) is 16.8 Å². The predicted molar refractivity (Wildman–Crippen MR) is 58.2 cm³/mol. The summed E-state index contributed by atoms with van der Waals surface area (Å²) >= 11 is 2.17. The topological polar surface area (TPSA) is 61.2 Å². The van der Waals surface area contributed by atoms with Gasteiger partial charge in [0.25, 0.3) is 0 Å². The Morgan fingerprint density at radius 3 is 2.38 bits per heavy atom. The molecule has 68 valence electrons. The summed E-state index contributed by atoms with van der Waals surface area (Å²) in [6.45, 7) is 0. The van der Waals surface area contributed by atoms with Gasteiger partial charge >= 0.3 is 5.97 Å². The molecule has 1 aromatic carbocycles. The van der Waals surface area contributed by atoms with Crippen LogP contribution >= 0.6 is 22.6 Å². The van der Waals surface area contributed by atoms with E-state index in [4.69, 9.17) is 10.5 Å². The van der Waals surface area contributed by atoms with E-state index < -0.39 is 5.97 Å². The summed E-state index contributed by atoms with van der Waals surface area (Å²) < 4.78 is 1.10. The summed E-state index contributed by atoms with van der Waals surface area (Å²) in [5, 5.41) is 15.6. The summed E-state index contributed by atoms with van der Waals surface area (Å²) in [5.74, 6) is -1.15. The molecular formula is C9H8INO2. The van der Waals surface area contributed by atoms with Crippen LogP contribution in [0, 0.1) is 8.98 Å². The minimum absolute atomic E-state index is 0.187. The Balaban J connectivity index is 2.70. The number of hydrogen-bond acceptors (Lipinski definition) is 2. The van der Waals surface area contributed by atoms with Gasteiger partial charge in [0.15, 0.2) is 0 Å². The van der Waals surface area contributed by atoms with E-state index >= 15 is 0 Å². The highest BCUT2D eigenvalue weighted by atomic mass is 127. The second-order valence-corrected chi connectivity index (χ2v) is 3.83. The number of benzene rings is 1. The Bertz CT molecular complexity index is 332. The average molecular weight is 289 g/mol. The summed E-state index contributed by atoms with van der Waals surface area (Å²) in [5.41, 5.74) is 0.578. The van der Waals surface area contributed by atoms with Crippen LogP contribution in [0.3, 0.4) is 0 Å². The molecular weight excluding hydrogens is 281 g/mol. The number of rotatable bonds is 3. The average Bonchev–Trinajstić information content (AvgIpc) is 2.08. The molecule has 0 heterocycles. The Morgan fingerprint density at radius 1 is 1.38 bits per heavy atom. The molecule has 0 bridgehead atoms. The maximum Gasteiger partial charge on any atom is 0.349 e. The zero-order valence-corrected chi connectivity index (χ0v) is 8.91. The van der Waals surface area contributed by atoms with Gasteiger partial charge < -0.3 is 5.11 Å². The van der Waals surface area contributed by atoms with Crippen LogP contribution in [-0.2, 0) is 11.2 Å². The fourth-order valence-electron chi connectivity index (χ4n) is 0.882. The van der Waals surface area contributed by atoms with Crippen molar-refractivity contribution >= 4 is 34.3 Å². The van der Waals surface area contributed by atoms with Gasteiger partial charge in [-0.2, -0.15) is 0 Å². The van der Waals surface area contributed by atoms with Crippen LogP contribution in [0.1, 0.15) is 5.56 Å². The van der Waals surface area contributed by atoms with Gasteiger partial charge in [-0.1, -0.05) is 12.1 Å². The first-order valence-electron chi connectivity index (χ1n) is 3.65. The molecule has 0 saturated heterocycles. The van der Waals surface area contributed by atoms with E-state index in [1.54, 1.807) is 0 Å². The molecule has 0 atom stereocenters. The minimum atomic E-state index is -1.15. The number of carboxylic acid groups (broad SMARTS) is 1. The van der Waals surface area contributed by atoms with Crippen LogP contribution in [0.15, 0.2) is 24.3 Å². The van der Waals surface area contributed by atoms with Gasteiger partial charge in [-0.25, -0.2) is 4.79 Å². The lowest BCUT2D eigenvalue weighted by atomic mass is 10.1. The van der Waals surface area contributed by atoms with Crippen LogP contribution in [0.25, 0.3) is 0 Å². The molecule has 0 unspecified atom stereocenters. The first-order valence-corrected chi connectivity index (χ1v) is 4.72. The van der Waals surface area contributed by atoms with E-state index in [2.05, 4.69) is 22.6 Å². The molecule has 0 aromatic heterocycles. The Kier molecular flexibility index (Phi) is 3.41. The lowest BCUT2D eigenvalue weighted by molar-refractivity contribution is -0.129. The molecule has 3 nitrogen and oxygen atoms in total. The van der Waals surface area contributed by atoms with E-state index in [1.807, 2.05) is 24.3 Å². The molecule has 0 spiro atoms. The number of carboxylic acids is 1. The third-order valence-electron chi connectivity index (χ3n) is 1.55. The summed E-state index contributed by atoms with van der Waals surface area (Å²) in [4.78, 5) is 10.3. The van der Waals surface area contributed by atoms with Gasteiger partial charge in [-0.3, -0.25) is 5.41 Å². The smallest absolute Gasteiger partial charge is 0.349 e. The monoisotopic (exact) mass is 289 g/mol. The summed E-state index contributed by atoms with van der Waals surface area (Å²) in [6.07, 6.45) is 0.187. The third kappa shape index (κ3) is 3.14. The van der Waals surface area contributed by atoms with E-state index in [-0.39, 0.29) is 12.1 Å². The van der Waals surface area contributed by atoms with Crippen LogP contribution in [0.5, 0.6) is 0 Å². The minimum Gasteiger partial charge on any atom is -0.477 e. The zero-order chi connectivity index (χ0) is 9.84. The maximum atomic E-state index is 10.3. The van der Waals surface area contributed by atoms with Crippen molar-refractivity contribution in [3.8, 4) is 0 Å². The van der Waals surface area contributed by atoms with Gasteiger partial charge in [0.05, 0.1) is 0 Å². The van der Waals surface area contributed by atoms with Gasteiger partial charge in [-0.05, 0) is 40.3 Å². The molecule has 0 aliphatic carbocycles. The predicted octanol–water partition coefficient (Wildman–Crippen LogP) is 1.94. The van der Waals surface area contributed by atoms with Gasteiger partial charge in [0.2, 0.25) is 0 Å². The molecule has 13 heavy (non-hydrogen) atoms. The Morgan fingerprint density at radius 2 is 1.92 bits per heavy atom. The van der Waals surface area contributed by atoms with Crippen molar-refractivity contribution in [2.24, 2.45) is 0 Å². The highest BCUT2D eigenvalue weighted by Gasteiger charge is 2.06. The molecule has 0 aliphatic rings. The quantitative estimate of drug-likeness (QED) is 0.660. The first-order chi connectivity index (χ1) is 6.09. The van der Waals surface area contributed by atoms with E-state index in [0.29, 0.717) is 0 Å². The SMILES string of the molecule is N=C(Cc1ccc(I)cc1)C(=O)O. The van der Waals surface area contributed by atoms with Crippen molar-refractivity contribution in [2.75, 3.05) is 0 Å². The number of nitrogens with one attached hydrogen (secondary N) is 1. The highest BCUT2D eigenvalue weighted by Crippen LogP contribution is 2.07. The third-order valence-corrected chi connectivity index (χ3v) is 2.27. The normalized spacial score (nSPS) is 9.62. The molecule has 0 saturated carbocycles. The zero-order valence-electron chi connectivity index (χ0n) is 6.75. The van der Waals surface area contributed by atoms with Gasteiger partial charge in [0, 0.05) is 9.99 Å². The molecule has 1 aromatic rings. The lowest BCUT2D eigenvalue weighted by Crippen LogP contribution is -2.14.